The quantitative estimate of drug-likeness (QED) is 0.556. The number of nitrogens with one attached hydrogen (secondary N) is 1. The molecular weight excluding hydrogens is 358 g/mol. The normalized spacial score (nSPS) is 10.6. The zero-order chi connectivity index (χ0) is 19.3. The van der Waals surface area contributed by atoms with E-state index in [-0.39, 0.29) is 5.69 Å². The maximum absolute atomic E-state index is 12.4. The van der Waals surface area contributed by atoms with E-state index >= 15 is 0 Å². The Morgan fingerprint density at radius 3 is 2.86 bits per heavy atom. The van der Waals surface area contributed by atoms with Crippen LogP contribution in [-0.2, 0) is 6.54 Å². The van der Waals surface area contributed by atoms with Gasteiger partial charge in [-0.25, -0.2) is 9.67 Å². The fourth-order valence-corrected chi connectivity index (χ4v) is 2.66. The van der Waals surface area contributed by atoms with Gasteiger partial charge >= 0.3 is 0 Å². The molecule has 8 heteroatoms. The number of carbonyl (C=O) groups is 1. The van der Waals surface area contributed by atoms with Gasteiger partial charge in [0.25, 0.3) is 5.91 Å². The Hall–Kier alpha value is -3.94. The highest BCUT2D eigenvalue weighted by Crippen LogP contribution is 2.18. The van der Waals surface area contributed by atoms with E-state index in [0.29, 0.717) is 18.3 Å². The van der Waals surface area contributed by atoms with Crippen LogP contribution in [0.4, 0.5) is 5.82 Å². The van der Waals surface area contributed by atoms with Crippen LogP contribution < -0.4 is 10.1 Å². The zero-order valence-electron chi connectivity index (χ0n) is 15.1. The van der Waals surface area contributed by atoms with Gasteiger partial charge in [0, 0.05) is 5.56 Å². The molecule has 8 nitrogen and oxygen atoms in total. The molecule has 2 aromatic carbocycles. The molecule has 0 radical (unpaired) electrons. The Kier molecular flexibility index (Phi) is 4.83. The average Bonchev–Trinajstić information content (AvgIpc) is 3.39. The van der Waals surface area contributed by atoms with Gasteiger partial charge in [-0.05, 0) is 29.8 Å². The van der Waals surface area contributed by atoms with E-state index in [0.717, 1.165) is 16.9 Å². The Morgan fingerprint density at radius 2 is 2.04 bits per heavy atom. The van der Waals surface area contributed by atoms with Crippen molar-refractivity contribution in [1.82, 2.24) is 20.0 Å². The molecule has 1 amide bonds. The maximum Gasteiger partial charge on any atom is 0.278 e. The predicted octanol–water partition coefficient (Wildman–Crippen LogP) is 3.24. The molecule has 0 saturated heterocycles. The minimum atomic E-state index is -0.417. The third kappa shape index (κ3) is 3.90. The van der Waals surface area contributed by atoms with Crippen molar-refractivity contribution < 1.29 is 13.9 Å². The fourth-order valence-electron chi connectivity index (χ4n) is 2.66. The third-order valence-electron chi connectivity index (χ3n) is 4.02. The second-order valence-corrected chi connectivity index (χ2v) is 6.01. The molecule has 4 rings (SSSR count). The fraction of sp³-hybridized carbons (Fsp3) is 0.100. The van der Waals surface area contributed by atoms with Crippen molar-refractivity contribution in [3.8, 4) is 17.2 Å². The van der Waals surface area contributed by atoms with Crippen LogP contribution in [0.3, 0.4) is 0 Å². The summed E-state index contributed by atoms with van der Waals surface area (Å²) in [6.07, 6.45) is 2.97. The lowest BCUT2D eigenvalue weighted by Crippen LogP contribution is -2.12. The van der Waals surface area contributed by atoms with Crippen molar-refractivity contribution in [2.45, 2.75) is 6.54 Å². The minimum absolute atomic E-state index is 0.168. The van der Waals surface area contributed by atoms with E-state index < -0.39 is 5.91 Å². The second kappa shape index (κ2) is 7.75. The number of nitrogens with zero attached hydrogens (tertiary/aromatic N) is 4. The van der Waals surface area contributed by atoms with Crippen LogP contribution in [0.2, 0.25) is 0 Å². The number of amides is 1. The van der Waals surface area contributed by atoms with E-state index in [1.165, 1.54) is 6.26 Å². The lowest BCUT2D eigenvalue weighted by atomic mass is 10.2. The summed E-state index contributed by atoms with van der Waals surface area (Å²) in [5.41, 5.74) is 1.97. The summed E-state index contributed by atoms with van der Waals surface area (Å²) in [5, 5.41) is 10.7. The van der Waals surface area contributed by atoms with Crippen LogP contribution in [0.15, 0.2) is 71.5 Å². The molecule has 0 fully saturated rings. The van der Waals surface area contributed by atoms with Crippen molar-refractivity contribution in [3.63, 3.8) is 0 Å². The highest BCUT2D eigenvalue weighted by atomic mass is 16.5. The molecule has 2 aromatic heterocycles. The number of ether oxygens (including phenoxy) is 1. The second-order valence-electron chi connectivity index (χ2n) is 6.01. The highest BCUT2D eigenvalue weighted by molar-refractivity contribution is 6.02. The highest BCUT2D eigenvalue weighted by Gasteiger charge is 2.15. The largest absolute Gasteiger partial charge is 0.497 e. The van der Waals surface area contributed by atoms with Gasteiger partial charge in [-0.2, -0.15) is 0 Å². The molecule has 4 aromatic rings. The molecule has 1 N–H and O–H groups in total. The molecule has 0 atom stereocenters. The van der Waals surface area contributed by atoms with Crippen LogP contribution >= 0.6 is 0 Å². The summed E-state index contributed by atoms with van der Waals surface area (Å²) in [4.78, 5) is 16.6. The van der Waals surface area contributed by atoms with Crippen molar-refractivity contribution in [2.24, 2.45) is 0 Å². The molecule has 0 unspecified atom stereocenters. The summed E-state index contributed by atoms with van der Waals surface area (Å²) in [7, 11) is 1.62. The SMILES string of the molecule is COc1cccc(Cn2cc(NC(=O)c3coc(-c4ccccc4)n3)nn2)c1. The van der Waals surface area contributed by atoms with Crippen molar-refractivity contribution in [3.05, 3.63) is 78.3 Å². The smallest absolute Gasteiger partial charge is 0.278 e. The number of carbonyl (C=O) groups excluding carboxylic acids is 1. The van der Waals surface area contributed by atoms with E-state index in [9.17, 15) is 4.79 Å². The summed E-state index contributed by atoms with van der Waals surface area (Å²) in [6.45, 7) is 0.502. The van der Waals surface area contributed by atoms with Crippen molar-refractivity contribution >= 4 is 11.7 Å². The first-order valence-corrected chi connectivity index (χ1v) is 8.56. The van der Waals surface area contributed by atoms with Crippen LogP contribution in [0.5, 0.6) is 5.75 Å². The molecule has 28 heavy (non-hydrogen) atoms. The molecule has 0 saturated carbocycles. The van der Waals surface area contributed by atoms with E-state index in [2.05, 4.69) is 20.6 Å². The van der Waals surface area contributed by atoms with Crippen LogP contribution in [0.1, 0.15) is 16.1 Å². The third-order valence-corrected chi connectivity index (χ3v) is 4.02. The van der Waals surface area contributed by atoms with Gasteiger partial charge in [-0.3, -0.25) is 4.79 Å². The van der Waals surface area contributed by atoms with E-state index in [1.807, 2.05) is 54.6 Å². The molecule has 0 bridgehead atoms. The average molecular weight is 375 g/mol. The summed E-state index contributed by atoms with van der Waals surface area (Å²) >= 11 is 0. The van der Waals surface area contributed by atoms with Gasteiger partial charge in [-0.15, -0.1) is 5.10 Å². The molecule has 0 spiro atoms. The lowest BCUT2D eigenvalue weighted by molar-refractivity contribution is 0.102. The monoisotopic (exact) mass is 375 g/mol. The number of hydrogen-bond donors (Lipinski definition) is 1. The Labute approximate surface area is 160 Å². The topological polar surface area (TPSA) is 95.1 Å². The Morgan fingerprint density at radius 1 is 1.18 bits per heavy atom. The molecular formula is C20H17N5O3. The summed E-state index contributed by atoms with van der Waals surface area (Å²) < 4.78 is 12.2. The minimum Gasteiger partial charge on any atom is -0.497 e. The Bertz CT molecular complexity index is 1090. The Balaban J connectivity index is 1.42. The van der Waals surface area contributed by atoms with Crippen molar-refractivity contribution in [2.75, 3.05) is 12.4 Å². The van der Waals surface area contributed by atoms with Gasteiger partial charge in [0.2, 0.25) is 5.89 Å². The lowest BCUT2D eigenvalue weighted by Gasteiger charge is -2.03. The predicted molar refractivity (Wildman–Crippen MR) is 102 cm³/mol. The number of hydrogen-bond acceptors (Lipinski definition) is 6. The molecule has 0 aliphatic rings. The number of oxazole rings is 1. The van der Waals surface area contributed by atoms with Gasteiger partial charge in [-0.1, -0.05) is 35.5 Å². The van der Waals surface area contributed by atoms with E-state index in [4.69, 9.17) is 9.15 Å². The molecule has 0 aliphatic carbocycles. The van der Waals surface area contributed by atoms with Crippen LogP contribution in [0.25, 0.3) is 11.5 Å². The first-order valence-electron chi connectivity index (χ1n) is 8.56. The summed E-state index contributed by atoms with van der Waals surface area (Å²) in [6, 6.07) is 17.0. The van der Waals surface area contributed by atoms with Gasteiger partial charge in [0.15, 0.2) is 11.5 Å². The first-order chi connectivity index (χ1) is 13.7. The van der Waals surface area contributed by atoms with Crippen LogP contribution in [-0.4, -0.2) is 33.0 Å². The maximum atomic E-state index is 12.4. The number of rotatable bonds is 6. The summed E-state index contributed by atoms with van der Waals surface area (Å²) in [5.74, 6) is 1.07. The number of methoxy groups -OCH3 is 1. The first kappa shape index (κ1) is 17.5. The molecule has 140 valence electrons. The zero-order valence-corrected chi connectivity index (χ0v) is 15.1. The van der Waals surface area contributed by atoms with Gasteiger partial charge < -0.3 is 14.5 Å². The van der Waals surface area contributed by atoms with Gasteiger partial charge in [0.05, 0.1) is 19.9 Å². The molecule has 2 heterocycles. The standard InChI is InChI=1S/C20H17N5O3/c1-27-16-9-5-6-14(10-16)11-25-12-18(23-24-25)22-19(26)17-13-28-20(21-17)15-7-3-2-4-8-15/h2-10,12-13H,11H2,1H3,(H,22,26). The van der Waals surface area contributed by atoms with Gasteiger partial charge in [0.1, 0.15) is 12.0 Å². The molecule has 0 aliphatic heterocycles. The van der Waals surface area contributed by atoms with E-state index in [1.54, 1.807) is 18.0 Å². The number of aromatic nitrogens is 4. The van der Waals surface area contributed by atoms with Crippen LogP contribution in [0, 0.1) is 0 Å². The number of benzene rings is 2. The van der Waals surface area contributed by atoms with Crippen molar-refractivity contribution in [1.29, 1.82) is 0 Å². The number of anilines is 1.